The molecule has 0 aromatic carbocycles. The zero-order valence-electron chi connectivity index (χ0n) is 11.0. The average molecular weight is 308 g/mol. The van der Waals surface area contributed by atoms with Crippen molar-refractivity contribution < 1.29 is 27.4 Å². The van der Waals surface area contributed by atoms with Crippen molar-refractivity contribution in [3.8, 4) is 0 Å². The second-order valence-corrected chi connectivity index (χ2v) is 4.18. The quantitative estimate of drug-likeness (QED) is 0.406. The van der Waals surface area contributed by atoms with Crippen LogP contribution in [0.25, 0.3) is 0 Å². The fraction of sp³-hybridized carbons (Fsp3) is 1.00. The van der Waals surface area contributed by atoms with Crippen LogP contribution in [0.1, 0.15) is 0 Å². The number of methoxy groups -OCH3 is 1. The molecule has 0 unspecified atom stereocenters. The van der Waals surface area contributed by atoms with Crippen molar-refractivity contribution in [1.82, 2.24) is 4.90 Å². The fourth-order valence-corrected chi connectivity index (χ4v) is 1.54. The number of hydrogen-bond acceptors (Lipinski definition) is 4. The summed E-state index contributed by atoms with van der Waals surface area (Å²) in [7, 11) is 1.58. The minimum Gasteiger partial charge on any atom is -0.382 e. The van der Waals surface area contributed by atoms with Crippen molar-refractivity contribution in [2.45, 2.75) is 6.18 Å². The molecule has 0 spiro atoms. The smallest absolute Gasteiger partial charge is 0.382 e. The Morgan fingerprint density at radius 2 is 1.53 bits per heavy atom. The lowest BCUT2D eigenvalue weighted by atomic mass is 10.4. The lowest BCUT2D eigenvalue weighted by molar-refractivity contribution is -0.146. The molecule has 0 N–H and O–H groups in total. The summed E-state index contributed by atoms with van der Waals surface area (Å²) in [6.45, 7) is 1.39. The molecular formula is C11H21ClF3NO3. The minimum absolute atomic E-state index is 0.163. The lowest BCUT2D eigenvalue weighted by Crippen LogP contribution is -2.37. The van der Waals surface area contributed by atoms with E-state index in [1.165, 1.54) is 4.90 Å². The Hall–Kier alpha value is -0.0800. The molecule has 0 bridgehead atoms. The third-order valence-electron chi connectivity index (χ3n) is 2.16. The molecule has 0 heterocycles. The zero-order chi connectivity index (χ0) is 14.6. The van der Waals surface area contributed by atoms with Crippen molar-refractivity contribution in [1.29, 1.82) is 0 Å². The summed E-state index contributed by atoms with van der Waals surface area (Å²) in [6.07, 6.45) is -4.21. The van der Waals surface area contributed by atoms with Gasteiger partial charge in [-0.3, -0.25) is 4.90 Å². The molecule has 0 saturated heterocycles. The molecule has 0 amide bonds. The fourth-order valence-electron chi connectivity index (χ4n) is 1.30. The topological polar surface area (TPSA) is 30.9 Å². The number of nitrogens with zero attached hydrogens (tertiary/aromatic N) is 1. The molecule has 116 valence electrons. The van der Waals surface area contributed by atoms with Gasteiger partial charge in [0.2, 0.25) is 0 Å². The van der Waals surface area contributed by atoms with E-state index in [4.69, 9.17) is 25.8 Å². The Morgan fingerprint density at radius 3 is 2.05 bits per heavy atom. The van der Waals surface area contributed by atoms with E-state index in [0.717, 1.165) is 0 Å². The first-order chi connectivity index (χ1) is 8.99. The van der Waals surface area contributed by atoms with Crippen LogP contribution in [0.5, 0.6) is 0 Å². The van der Waals surface area contributed by atoms with Crippen LogP contribution >= 0.6 is 11.6 Å². The molecule has 0 fully saturated rings. The first-order valence-electron chi connectivity index (χ1n) is 5.99. The van der Waals surface area contributed by atoms with E-state index < -0.39 is 12.7 Å². The Morgan fingerprint density at radius 1 is 0.947 bits per heavy atom. The molecule has 19 heavy (non-hydrogen) atoms. The van der Waals surface area contributed by atoms with Gasteiger partial charge in [-0.25, -0.2) is 0 Å². The van der Waals surface area contributed by atoms with Gasteiger partial charge in [0.15, 0.2) is 0 Å². The van der Waals surface area contributed by atoms with E-state index in [1.807, 2.05) is 0 Å². The first-order valence-corrected chi connectivity index (χ1v) is 6.52. The number of hydrogen-bond donors (Lipinski definition) is 0. The van der Waals surface area contributed by atoms with E-state index in [-0.39, 0.29) is 25.6 Å². The molecule has 0 radical (unpaired) electrons. The molecule has 0 rings (SSSR count). The van der Waals surface area contributed by atoms with Crippen LogP contribution in [0, 0.1) is 0 Å². The van der Waals surface area contributed by atoms with E-state index >= 15 is 0 Å². The number of rotatable bonds is 12. The van der Waals surface area contributed by atoms with Gasteiger partial charge >= 0.3 is 6.18 Å². The summed E-state index contributed by atoms with van der Waals surface area (Å²) in [5.41, 5.74) is 0. The molecule has 0 aromatic heterocycles. The van der Waals surface area contributed by atoms with Crippen LogP contribution in [-0.2, 0) is 14.2 Å². The predicted molar refractivity (Wildman–Crippen MR) is 66.7 cm³/mol. The molecular weight excluding hydrogens is 287 g/mol. The van der Waals surface area contributed by atoms with Crippen molar-refractivity contribution in [2.24, 2.45) is 0 Å². The van der Waals surface area contributed by atoms with Crippen LogP contribution in [0.4, 0.5) is 13.2 Å². The predicted octanol–water partition coefficient (Wildman–Crippen LogP) is 1.77. The SMILES string of the molecule is COCCOCCOCCN(CCCl)CC(F)(F)F. The maximum atomic E-state index is 12.2. The molecule has 0 aliphatic carbocycles. The van der Waals surface area contributed by atoms with E-state index in [1.54, 1.807) is 7.11 Å². The van der Waals surface area contributed by atoms with Gasteiger partial charge in [-0.1, -0.05) is 0 Å². The van der Waals surface area contributed by atoms with Gasteiger partial charge in [0.05, 0.1) is 39.6 Å². The maximum absolute atomic E-state index is 12.2. The summed E-state index contributed by atoms with van der Waals surface area (Å²) < 4.78 is 51.8. The lowest BCUT2D eigenvalue weighted by Gasteiger charge is -2.22. The number of ether oxygens (including phenoxy) is 3. The van der Waals surface area contributed by atoms with Crippen molar-refractivity contribution in [3.63, 3.8) is 0 Å². The van der Waals surface area contributed by atoms with Gasteiger partial charge in [0.1, 0.15) is 0 Å². The molecule has 0 saturated carbocycles. The standard InChI is InChI=1S/C11H21ClF3NO3/c1-17-6-7-19-9-8-18-5-4-16(3-2-12)10-11(13,14)15/h2-10H2,1H3. The van der Waals surface area contributed by atoms with Crippen molar-refractivity contribution >= 4 is 11.6 Å². The Balaban J connectivity index is 3.53. The Labute approximate surface area is 116 Å². The average Bonchev–Trinajstić information content (AvgIpc) is 2.31. The second kappa shape index (κ2) is 11.7. The van der Waals surface area contributed by atoms with Gasteiger partial charge in [-0.2, -0.15) is 13.2 Å². The molecule has 0 aromatic rings. The number of halogens is 4. The Bertz CT molecular complexity index is 208. The molecule has 0 aliphatic rings. The summed E-state index contributed by atoms with van der Waals surface area (Å²) in [4.78, 5) is 1.22. The third-order valence-corrected chi connectivity index (χ3v) is 2.33. The van der Waals surface area contributed by atoms with Gasteiger partial charge in [-0.15, -0.1) is 11.6 Å². The summed E-state index contributed by atoms with van der Waals surface area (Å²) in [6, 6.07) is 0. The summed E-state index contributed by atoms with van der Waals surface area (Å²) >= 11 is 5.45. The molecule has 4 nitrogen and oxygen atoms in total. The van der Waals surface area contributed by atoms with Gasteiger partial charge < -0.3 is 14.2 Å². The molecule has 0 atom stereocenters. The van der Waals surface area contributed by atoms with Crippen LogP contribution in [0.2, 0.25) is 0 Å². The summed E-state index contributed by atoms with van der Waals surface area (Å²) in [5, 5.41) is 0. The largest absolute Gasteiger partial charge is 0.401 e. The van der Waals surface area contributed by atoms with Crippen LogP contribution < -0.4 is 0 Å². The normalized spacial score (nSPS) is 12.3. The zero-order valence-corrected chi connectivity index (χ0v) is 11.8. The van der Waals surface area contributed by atoms with Crippen molar-refractivity contribution in [2.75, 3.05) is 65.7 Å². The maximum Gasteiger partial charge on any atom is 0.401 e. The van der Waals surface area contributed by atoms with E-state index in [9.17, 15) is 13.2 Å². The van der Waals surface area contributed by atoms with Crippen LogP contribution in [0.15, 0.2) is 0 Å². The van der Waals surface area contributed by atoms with Gasteiger partial charge in [-0.05, 0) is 0 Å². The van der Waals surface area contributed by atoms with E-state index in [2.05, 4.69) is 0 Å². The number of alkyl halides is 4. The summed E-state index contributed by atoms with van der Waals surface area (Å²) in [5.74, 6) is 0.163. The van der Waals surface area contributed by atoms with Crippen molar-refractivity contribution in [3.05, 3.63) is 0 Å². The van der Waals surface area contributed by atoms with Crippen LogP contribution in [-0.4, -0.2) is 76.7 Å². The monoisotopic (exact) mass is 307 g/mol. The molecule has 0 aliphatic heterocycles. The third kappa shape index (κ3) is 14.1. The van der Waals surface area contributed by atoms with Gasteiger partial charge in [0.25, 0.3) is 0 Å². The molecule has 8 heteroatoms. The van der Waals surface area contributed by atoms with Crippen LogP contribution in [0.3, 0.4) is 0 Å². The Kier molecular flexibility index (Phi) is 11.7. The highest BCUT2D eigenvalue weighted by atomic mass is 35.5. The highest BCUT2D eigenvalue weighted by Gasteiger charge is 2.30. The highest BCUT2D eigenvalue weighted by molar-refractivity contribution is 6.18. The second-order valence-electron chi connectivity index (χ2n) is 3.80. The first kappa shape index (κ1) is 18.9. The van der Waals surface area contributed by atoms with E-state index in [0.29, 0.717) is 26.4 Å². The minimum atomic E-state index is -4.21. The van der Waals surface area contributed by atoms with Gasteiger partial charge in [0, 0.05) is 26.1 Å². The highest BCUT2D eigenvalue weighted by Crippen LogP contribution is 2.16.